The molecule has 0 spiro atoms. The van der Waals surface area contributed by atoms with E-state index in [2.05, 4.69) is 82.9 Å². The summed E-state index contributed by atoms with van der Waals surface area (Å²) in [7, 11) is 3.51. The van der Waals surface area contributed by atoms with E-state index in [0.29, 0.717) is 36.1 Å². The minimum atomic E-state index is -0.749. The summed E-state index contributed by atoms with van der Waals surface area (Å²) in [5.41, 5.74) is 6.01. The second kappa shape index (κ2) is 27.8. The molecule has 0 radical (unpaired) electrons. The maximum Gasteiger partial charge on any atom is 0.319 e. The van der Waals surface area contributed by atoms with Crippen molar-refractivity contribution in [3.05, 3.63) is 119 Å². The van der Waals surface area contributed by atoms with E-state index in [1.54, 1.807) is 73.7 Å². The molecule has 0 fully saturated rings. The number of benzene rings is 4. The zero-order valence-corrected chi connectivity index (χ0v) is 42.9. The summed E-state index contributed by atoms with van der Waals surface area (Å²) < 4.78 is 29.4. The van der Waals surface area contributed by atoms with Gasteiger partial charge < -0.3 is 31.5 Å². The monoisotopic (exact) mass is 1010 g/mol. The molecule has 400 valence electrons. The first-order valence-corrected chi connectivity index (χ1v) is 24.6. The van der Waals surface area contributed by atoms with Crippen molar-refractivity contribution in [2.24, 2.45) is 14.1 Å². The predicted molar refractivity (Wildman–Crippen MR) is 289 cm³/mol. The molecule has 0 aliphatic rings. The van der Waals surface area contributed by atoms with E-state index in [-0.39, 0.29) is 32.3 Å². The molecule has 0 saturated carbocycles. The molecule has 0 unspecified atom stereocenters. The molecule has 2 heterocycles. The van der Waals surface area contributed by atoms with Gasteiger partial charge in [-0.25, -0.2) is 27.7 Å². The molecule has 0 aliphatic heterocycles. The third-order valence-electron chi connectivity index (χ3n) is 12.8. The van der Waals surface area contributed by atoms with Crippen molar-refractivity contribution in [3.63, 3.8) is 0 Å². The van der Waals surface area contributed by atoms with Gasteiger partial charge in [-0.05, 0) is 165 Å². The molecule has 0 saturated heterocycles. The molecule has 0 bridgehead atoms. The van der Waals surface area contributed by atoms with Crippen molar-refractivity contribution >= 4 is 23.4 Å². The van der Waals surface area contributed by atoms with Gasteiger partial charge in [0.2, 0.25) is 0 Å². The lowest BCUT2D eigenvalue weighted by Gasteiger charge is -2.32. The molecular weight excluding hydrogens is 923 g/mol. The van der Waals surface area contributed by atoms with E-state index < -0.39 is 36.4 Å². The third-order valence-corrected chi connectivity index (χ3v) is 12.8. The highest BCUT2D eigenvalue weighted by atomic mass is 19.1. The topological polar surface area (TPSA) is 216 Å². The van der Waals surface area contributed by atoms with E-state index in [1.807, 2.05) is 44.2 Å². The van der Waals surface area contributed by atoms with E-state index in [4.69, 9.17) is 0 Å². The van der Waals surface area contributed by atoms with Crippen molar-refractivity contribution in [2.75, 3.05) is 36.8 Å². The minimum Gasteiger partial charge on any atom is -0.390 e. The van der Waals surface area contributed by atoms with E-state index in [1.165, 1.54) is 24.3 Å². The van der Waals surface area contributed by atoms with Crippen LogP contribution in [0.1, 0.15) is 86.6 Å². The first kappa shape index (κ1) is 56.2. The molecule has 2 aromatic heterocycles. The number of hydrogen-bond donors (Lipinski definition) is 6. The number of tetrazole rings is 2. The molecule has 6 N–H and O–H groups in total. The van der Waals surface area contributed by atoms with Gasteiger partial charge in [0.25, 0.3) is 0 Å². The zero-order chi connectivity index (χ0) is 52.3. The van der Waals surface area contributed by atoms with Crippen molar-refractivity contribution in [1.82, 2.24) is 60.8 Å². The van der Waals surface area contributed by atoms with Crippen LogP contribution in [0.4, 0.5) is 29.7 Å². The molecule has 6 atom stereocenters. The number of aliphatic hydroxyl groups is 2. The fraction of sp³-hybridized carbons (Fsp3) is 0.462. The van der Waals surface area contributed by atoms with E-state index in [9.17, 15) is 28.6 Å². The maximum atomic E-state index is 13.1. The molecule has 6 rings (SSSR count). The number of aliphatic hydroxyl groups excluding tert-OH is 2. The number of nitrogens with zero attached hydrogens (tertiary/aromatic N) is 10. The number of anilines is 2. The largest absolute Gasteiger partial charge is 0.390 e. The SMILES string of the molecule is CCN(C[C@H](O)[C@@H](C)NC(=O)Nc1cccc(-c2nnnn2C)c1)[C@@H](C)CCc1ccc(F)cc1.CCc1cc(NC(=O)N[C@H](C)[C@@H](O)CN(CC)[C@@H](C)CCc2ccc(F)cc2)cc(-c2nnnn2C)c1.[HH].[HH].[HH].[HH].[HH].[HH]. The quantitative estimate of drug-likeness (QED) is 0.0356. The van der Waals surface area contributed by atoms with Gasteiger partial charge in [-0.3, -0.25) is 9.80 Å². The maximum absolute atomic E-state index is 13.1. The van der Waals surface area contributed by atoms with Crippen LogP contribution in [0.15, 0.2) is 91.0 Å². The molecular formula is C52H84F2N14O4. The standard InChI is InChI=1S/C27H38FN7O2.C25H34FN7O2.6H2/c1-6-20-14-22(26-31-32-33-34(26)5)16-24(15-20)30-27(37)29-19(4)25(36)17-35(7-2)18(3)8-9-21-10-12-23(28)13-11-21;1-5-33(17(2)9-10-19-11-13-21(26)14-12-19)16-23(34)18(3)27-25(35)28-22-8-6-7-20(15-22)24-29-30-31-32(24)4;;;;;;/h10-16,18-19,25,36H,6-9,17H2,1-5H3,(H2,29,30,37);6-8,11-15,17-18,23,34H,5,9-10,16H2,1-4H3,(H2,27,28,35);6*1H/t18-,19+,25-;17-,18+,23-;;;;;;/m00....../s1. The van der Waals surface area contributed by atoms with Crippen molar-refractivity contribution < 1.29 is 37.1 Å². The first-order chi connectivity index (χ1) is 34.5. The second-order valence-corrected chi connectivity index (χ2v) is 18.2. The van der Waals surface area contributed by atoms with Crippen LogP contribution in [0.3, 0.4) is 0 Å². The number of likely N-dealkylation sites (N-methyl/N-ethyl adjacent to an activating group) is 2. The van der Waals surface area contributed by atoms with Gasteiger partial charge in [0.05, 0.1) is 24.3 Å². The lowest BCUT2D eigenvalue weighted by Crippen LogP contribution is -2.49. The minimum absolute atomic E-state index is 0. The van der Waals surface area contributed by atoms with Crippen molar-refractivity contribution in [3.8, 4) is 22.8 Å². The Bertz CT molecular complexity index is 2630. The fourth-order valence-electron chi connectivity index (χ4n) is 8.18. The van der Waals surface area contributed by atoms with Crippen molar-refractivity contribution in [1.29, 1.82) is 0 Å². The predicted octanol–water partition coefficient (Wildman–Crippen LogP) is 8.50. The van der Waals surface area contributed by atoms with Gasteiger partial charge in [-0.2, -0.15) is 0 Å². The second-order valence-electron chi connectivity index (χ2n) is 18.2. The number of nitrogens with one attached hydrogen (secondary N) is 4. The van der Waals surface area contributed by atoms with Gasteiger partial charge in [0, 0.05) is 70.3 Å². The van der Waals surface area contributed by atoms with Gasteiger partial charge in [0.1, 0.15) is 11.6 Å². The van der Waals surface area contributed by atoms with Gasteiger partial charge >= 0.3 is 12.1 Å². The molecule has 4 amide bonds. The Morgan fingerprint density at radius 2 is 1.06 bits per heavy atom. The Morgan fingerprint density at radius 3 is 1.49 bits per heavy atom. The number of urea groups is 2. The number of rotatable bonds is 23. The highest BCUT2D eigenvalue weighted by molar-refractivity contribution is 5.91. The van der Waals surface area contributed by atoms with Crippen LogP contribution in [0.5, 0.6) is 0 Å². The number of halogens is 2. The molecule has 4 aromatic carbocycles. The number of aryl methyl sites for hydroxylation is 5. The van der Waals surface area contributed by atoms with E-state index in [0.717, 1.165) is 73.0 Å². The highest BCUT2D eigenvalue weighted by Crippen LogP contribution is 2.24. The number of carbonyl (C=O) groups excluding carboxylic acids is 2. The van der Waals surface area contributed by atoms with Gasteiger partial charge in [0.15, 0.2) is 11.6 Å². The summed E-state index contributed by atoms with van der Waals surface area (Å²) in [6, 6.07) is 24.8. The molecule has 20 heteroatoms. The number of carbonyl (C=O) groups is 2. The fourth-order valence-corrected chi connectivity index (χ4v) is 8.18. The molecule has 72 heavy (non-hydrogen) atoms. The van der Waals surface area contributed by atoms with Gasteiger partial charge in [-0.15, -0.1) is 10.2 Å². The van der Waals surface area contributed by atoms with Crippen LogP contribution in [0.25, 0.3) is 22.8 Å². The Morgan fingerprint density at radius 1 is 0.611 bits per heavy atom. The molecule has 18 nitrogen and oxygen atoms in total. The third kappa shape index (κ3) is 17.2. The van der Waals surface area contributed by atoms with Crippen LogP contribution in [-0.2, 0) is 33.4 Å². The molecule has 6 aromatic rings. The zero-order valence-electron chi connectivity index (χ0n) is 42.9. The lowest BCUT2D eigenvalue weighted by atomic mass is 10.0. The van der Waals surface area contributed by atoms with Crippen molar-refractivity contribution in [2.45, 2.75) is 117 Å². The lowest BCUT2D eigenvalue weighted by molar-refractivity contribution is 0.0714. The van der Waals surface area contributed by atoms with E-state index >= 15 is 0 Å². The number of aromatic nitrogens is 8. The molecule has 0 aliphatic carbocycles. The van der Waals surface area contributed by atoms with Crippen LogP contribution in [0.2, 0.25) is 0 Å². The van der Waals surface area contributed by atoms with Gasteiger partial charge in [-0.1, -0.05) is 57.2 Å². The Hall–Kier alpha value is -6.74. The summed E-state index contributed by atoms with van der Waals surface area (Å²) >= 11 is 0. The first-order valence-electron chi connectivity index (χ1n) is 24.6. The summed E-state index contributed by atoms with van der Waals surface area (Å²) in [6.07, 6.45) is 2.71. The normalized spacial score (nSPS) is 13.9. The average Bonchev–Trinajstić information content (AvgIpc) is 4.01. The van der Waals surface area contributed by atoms with Crippen LogP contribution in [0, 0.1) is 11.6 Å². The highest BCUT2D eigenvalue weighted by Gasteiger charge is 2.24. The van der Waals surface area contributed by atoms with Crippen LogP contribution >= 0.6 is 0 Å². The Kier molecular flexibility index (Phi) is 21.7. The summed E-state index contributed by atoms with van der Waals surface area (Å²) in [4.78, 5) is 29.7. The smallest absolute Gasteiger partial charge is 0.319 e. The average molecular weight is 1010 g/mol. The Balaban J connectivity index is 0. The number of amides is 4. The number of hydrogen-bond acceptors (Lipinski definition) is 12. The van der Waals surface area contributed by atoms with Crippen LogP contribution < -0.4 is 21.3 Å². The summed E-state index contributed by atoms with van der Waals surface area (Å²) in [5, 5.41) is 56.0. The summed E-state index contributed by atoms with van der Waals surface area (Å²) in [5.74, 6) is 0.727. The Labute approximate surface area is 430 Å². The summed E-state index contributed by atoms with van der Waals surface area (Å²) in [6.45, 7) is 16.3. The van der Waals surface area contributed by atoms with Crippen LogP contribution in [-0.4, -0.2) is 135 Å².